The van der Waals surface area contributed by atoms with Gasteiger partial charge in [0, 0.05) is 11.6 Å². The zero-order chi connectivity index (χ0) is 9.15. The molecule has 0 atom stereocenters. The molecule has 1 heterocycles. The summed E-state index contributed by atoms with van der Waals surface area (Å²) in [7, 11) is 0. The molecule has 74 valence electrons. The topological polar surface area (TPSA) is 24.8 Å². The van der Waals surface area contributed by atoms with Crippen molar-refractivity contribution in [3.05, 3.63) is 0 Å². The van der Waals surface area contributed by atoms with Crippen molar-refractivity contribution in [2.45, 2.75) is 26.2 Å². The molecule has 0 unspecified atom stereocenters. The van der Waals surface area contributed by atoms with Crippen LogP contribution >= 0.6 is 0 Å². The van der Waals surface area contributed by atoms with Crippen molar-refractivity contribution >= 4 is 6.21 Å². The average Bonchev–Trinajstić information content (AvgIpc) is 2.13. The van der Waals surface area contributed by atoms with Crippen LogP contribution in [0.25, 0.3) is 0 Å². The Labute approximate surface area is 79.8 Å². The Balaban J connectivity index is 1.81. The van der Waals surface area contributed by atoms with E-state index in [9.17, 15) is 0 Å². The van der Waals surface area contributed by atoms with Crippen LogP contribution in [0.3, 0.4) is 0 Å². The molecule has 0 aromatic heterocycles. The fraction of sp³-hybridized carbons (Fsp3) is 0.900. The Bertz CT molecular complexity index is 193. The van der Waals surface area contributed by atoms with Gasteiger partial charge in [0.2, 0.25) is 0 Å². The van der Waals surface area contributed by atoms with Crippen molar-refractivity contribution in [1.82, 2.24) is 5.01 Å². The zero-order valence-electron chi connectivity index (χ0n) is 8.33. The van der Waals surface area contributed by atoms with E-state index >= 15 is 0 Å². The number of hydrazone groups is 1. The van der Waals surface area contributed by atoms with E-state index in [1.54, 1.807) is 0 Å². The van der Waals surface area contributed by atoms with E-state index in [0.29, 0.717) is 5.41 Å². The van der Waals surface area contributed by atoms with E-state index in [2.05, 4.69) is 23.2 Å². The van der Waals surface area contributed by atoms with Gasteiger partial charge >= 0.3 is 0 Å². The minimum atomic E-state index is 0.401. The van der Waals surface area contributed by atoms with E-state index in [0.717, 1.165) is 26.3 Å². The Hall–Kier alpha value is -0.570. The largest absolute Gasteiger partial charge is 0.378 e. The summed E-state index contributed by atoms with van der Waals surface area (Å²) in [5.41, 5.74) is 0.401. The predicted molar refractivity (Wildman–Crippen MR) is 52.8 cm³/mol. The molecule has 13 heavy (non-hydrogen) atoms. The van der Waals surface area contributed by atoms with Crippen molar-refractivity contribution in [2.24, 2.45) is 10.5 Å². The Morgan fingerprint density at radius 3 is 2.54 bits per heavy atom. The number of rotatable bonds is 2. The molecule has 1 aliphatic carbocycles. The molecule has 0 radical (unpaired) electrons. The smallest absolute Gasteiger partial charge is 0.0659 e. The molecule has 2 fully saturated rings. The third-order valence-corrected chi connectivity index (χ3v) is 3.02. The van der Waals surface area contributed by atoms with Crippen LogP contribution in [0.4, 0.5) is 0 Å². The van der Waals surface area contributed by atoms with Crippen LogP contribution in [0.1, 0.15) is 26.2 Å². The van der Waals surface area contributed by atoms with E-state index in [1.165, 1.54) is 19.3 Å². The molecule has 0 amide bonds. The zero-order valence-corrected chi connectivity index (χ0v) is 8.33. The maximum Gasteiger partial charge on any atom is 0.0659 e. The van der Waals surface area contributed by atoms with Crippen LogP contribution in [-0.2, 0) is 4.74 Å². The van der Waals surface area contributed by atoms with Gasteiger partial charge in [-0.05, 0) is 12.8 Å². The van der Waals surface area contributed by atoms with Gasteiger partial charge in [-0.25, -0.2) is 0 Å². The van der Waals surface area contributed by atoms with Crippen LogP contribution in [-0.4, -0.2) is 37.5 Å². The summed E-state index contributed by atoms with van der Waals surface area (Å²) >= 11 is 0. The van der Waals surface area contributed by atoms with Gasteiger partial charge in [0.05, 0.1) is 26.3 Å². The van der Waals surface area contributed by atoms with E-state index < -0.39 is 0 Å². The lowest BCUT2D eigenvalue weighted by Gasteiger charge is -2.35. The normalized spacial score (nSPS) is 27.6. The summed E-state index contributed by atoms with van der Waals surface area (Å²) in [6.45, 7) is 5.85. The van der Waals surface area contributed by atoms with E-state index in [-0.39, 0.29) is 0 Å². The van der Waals surface area contributed by atoms with Crippen LogP contribution in [0.2, 0.25) is 0 Å². The van der Waals surface area contributed by atoms with Crippen molar-refractivity contribution < 1.29 is 4.74 Å². The highest BCUT2D eigenvalue weighted by Crippen LogP contribution is 2.38. The molecule has 3 heteroatoms. The van der Waals surface area contributed by atoms with Gasteiger partial charge in [-0.15, -0.1) is 0 Å². The van der Waals surface area contributed by atoms with Crippen molar-refractivity contribution in [1.29, 1.82) is 0 Å². The lowest BCUT2D eigenvalue weighted by atomic mass is 9.72. The Morgan fingerprint density at radius 2 is 2.00 bits per heavy atom. The third-order valence-electron chi connectivity index (χ3n) is 3.02. The molecular weight excluding hydrogens is 164 g/mol. The first-order valence-electron chi connectivity index (χ1n) is 5.16. The molecule has 0 bridgehead atoms. The molecule has 1 saturated carbocycles. The van der Waals surface area contributed by atoms with E-state index in [1.807, 2.05) is 0 Å². The van der Waals surface area contributed by atoms with Gasteiger partial charge in [0.25, 0.3) is 0 Å². The molecule has 0 N–H and O–H groups in total. The highest BCUT2D eigenvalue weighted by atomic mass is 16.5. The monoisotopic (exact) mass is 182 g/mol. The summed E-state index contributed by atoms with van der Waals surface area (Å²) in [6, 6.07) is 0. The summed E-state index contributed by atoms with van der Waals surface area (Å²) in [5, 5.41) is 6.62. The first-order chi connectivity index (χ1) is 6.29. The number of morpholine rings is 1. The molecule has 3 nitrogen and oxygen atoms in total. The summed E-state index contributed by atoms with van der Waals surface area (Å²) in [6.07, 6.45) is 6.12. The maximum absolute atomic E-state index is 5.26. The molecule has 1 saturated heterocycles. The van der Waals surface area contributed by atoms with Crippen LogP contribution in [0.15, 0.2) is 5.10 Å². The number of hydrogen-bond donors (Lipinski definition) is 0. The fourth-order valence-electron chi connectivity index (χ4n) is 1.75. The molecule has 0 aromatic carbocycles. The van der Waals surface area contributed by atoms with Crippen LogP contribution in [0, 0.1) is 5.41 Å². The van der Waals surface area contributed by atoms with Crippen molar-refractivity contribution in [3.8, 4) is 0 Å². The standard InChI is InChI=1S/C10H18N2O/c1-10(3-2-4-10)9-11-12-5-7-13-8-6-12/h9H,2-8H2,1H3/b11-9+. The van der Waals surface area contributed by atoms with Crippen LogP contribution in [0.5, 0.6) is 0 Å². The number of ether oxygens (including phenoxy) is 1. The highest BCUT2D eigenvalue weighted by molar-refractivity contribution is 5.66. The minimum Gasteiger partial charge on any atom is -0.378 e. The second kappa shape index (κ2) is 3.66. The average molecular weight is 182 g/mol. The van der Waals surface area contributed by atoms with Gasteiger partial charge in [0.15, 0.2) is 0 Å². The summed E-state index contributed by atoms with van der Waals surface area (Å²) in [4.78, 5) is 0. The number of nitrogens with zero attached hydrogens (tertiary/aromatic N) is 2. The highest BCUT2D eigenvalue weighted by Gasteiger charge is 2.30. The lowest BCUT2D eigenvalue weighted by Crippen LogP contribution is -2.34. The fourth-order valence-corrected chi connectivity index (χ4v) is 1.75. The Morgan fingerprint density at radius 1 is 1.31 bits per heavy atom. The summed E-state index contributed by atoms with van der Waals surface area (Å²) < 4.78 is 5.26. The molecular formula is C10H18N2O. The van der Waals surface area contributed by atoms with Gasteiger partial charge in [0.1, 0.15) is 0 Å². The second-order valence-corrected chi connectivity index (χ2v) is 4.32. The molecule has 0 spiro atoms. The van der Waals surface area contributed by atoms with Gasteiger partial charge in [-0.3, -0.25) is 5.01 Å². The maximum atomic E-state index is 5.26. The Kier molecular flexibility index (Phi) is 2.54. The number of hydrogen-bond acceptors (Lipinski definition) is 3. The van der Waals surface area contributed by atoms with Gasteiger partial charge < -0.3 is 4.74 Å². The minimum absolute atomic E-state index is 0.401. The van der Waals surface area contributed by atoms with Crippen molar-refractivity contribution in [3.63, 3.8) is 0 Å². The lowest BCUT2D eigenvalue weighted by molar-refractivity contribution is 0.0388. The van der Waals surface area contributed by atoms with E-state index in [4.69, 9.17) is 4.74 Å². The second-order valence-electron chi connectivity index (χ2n) is 4.32. The van der Waals surface area contributed by atoms with Gasteiger partial charge in [-0.1, -0.05) is 13.3 Å². The summed E-state index contributed by atoms with van der Waals surface area (Å²) in [5.74, 6) is 0. The third kappa shape index (κ3) is 2.21. The quantitative estimate of drug-likeness (QED) is 0.604. The molecule has 2 rings (SSSR count). The van der Waals surface area contributed by atoms with Gasteiger partial charge in [-0.2, -0.15) is 5.10 Å². The SMILES string of the molecule is CC1(/C=N/N2CCOCC2)CCC1. The van der Waals surface area contributed by atoms with Crippen LogP contribution < -0.4 is 0 Å². The first kappa shape index (κ1) is 9.00. The van der Waals surface area contributed by atoms with Crippen molar-refractivity contribution in [2.75, 3.05) is 26.3 Å². The molecule has 0 aromatic rings. The molecule has 2 aliphatic rings. The predicted octanol–water partition coefficient (Wildman–Crippen LogP) is 1.49. The first-order valence-corrected chi connectivity index (χ1v) is 5.16. The molecule has 1 aliphatic heterocycles.